The smallest absolute Gasteiger partial charge is 0.297 e. The Hall–Kier alpha value is -1.11. The standard InChI is InChI=1S/C15H26N2O3S/c1-5-11-17(12-10-16)13-6-8-14(9-7-13)21(18,19)20-15(2,3)4/h6-9H,5,10-12,16H2,1-4H3. The number of nitrogens with two attached hydrogens (primary N) is 1. The molecule has 0 aliphatic carbocycles. The van der Waals surface area contributed by atoms with Crippen molar-refractivity contribution in [2.45, 2.75) is 44.6 Å². The topological polar surface area (TPSA) is 72.6 Å². The zero-order valence-electron chi connectivity index (χ0n) is 13.3. The Bertz CT molecular complexity index is 527. The summed E-state index contributed by atoms with van der Waals surface area (Å²) in [7, 11) is -3.73. The molecule has 0 aliphatic rings. The maximum atomic E-state index is 12.1. The molecule has 0 saturated heterocycles. The van der Waals surface area contributed by atoms with Crippen LogP contribution in [0.5, 0.6) is 0 Å². The van der Waals surface area contributed by atoms with Gasteiger partial charge in [-0.3, -0.25) is 4.18 Å². The molecule has 0 saturated carbocycles. The molecular formula is C15H26N2O3S. The number of hydrogen-bond acceptors (Lipinski definition) is 5. The Kier molecular flexibility index (Phi) is 6.19. The summed E-state index contributed by atoms with van der Waals surface area (Å²) in [6, 6.07) is 6.75. The average molecular weight is 314 g/mol. The summed E-state index contributed by atoms with van der Waals surface area (Å²) in [6.07, 6.45) is 1.01. The van der Waals surface area contributed by atoms with Gasteiger partial charge in [0.25, 0.3) is 10.1 Å². The van der Waals surface area contributed by atoms with E-state index in [1.165, 1.54) is 0 Å². The third kappa shape index (κ3) is 5.65. The molecule has 1 aromatic carbocycles. The lowest BCUT2D eigenvalue weighted by molar-refractivity contribution is 0.139. The third-order valence-electron chi connectivity index (χ3n) is 2.74. The summed E-state index contributed by atoms with van der Waals surface area (Å²) in [5, 5.41) is 0. The van der Waals surface area contributed by atoms with Gasteiger partial charge in [-0.1, -0.05) is 6.92 Å². The molecule has 1 rings (SSSR count). The maximum absolute atomic E-state index is 12.1. The van der Waals surface area contributed by atoms with E-state index in [9.17, 15) is 8.42 Å². The second-order valence-corrected chi connectivity index (χ2v) is 7.47. The summed E-state index contributed by atoms with van der Waals surface area (Å²) in [4.78, 5) is 2.31. The number of hydrogen-bond donors (Lipinski definition) is 1. The first-order valence-corrected chi connectivity index (χ1v) is 8.61. The van der Waals surface area contributed by atoms with Gasteiger partial charge in [-0.2, -0.15) is 8.42 Å². The SMILES string of the molecule is CCCN(CCN)c1ccc(S(=O)(=O)OC(C)(C)C)cc1. The molecule has 0 radical (unpaired) electrons. The van der Waals surface area contributed by atoms with E-state index in [2.05, 4.69) is 11.8 Å². The van der Waals surface area contributed by atoms with Crippen LogP contribution >= 0.6 is 0 Å². The van der Waals surface area contributed by atoms with Gasteiger partial charge in [0.05, 0.1) is 10.5 Å². The second kappa shape index (κ2) is 7.24. The van der Waals surface area contributed by atoms with E-state index in [0.717, 1.165) is 25.2 Å². The van der Waals surface area contributed by atoms with Crippen molar-refractivity contribution in [1.29, 1.82) is 0 Å². The van der Waals surface area contributed by atoms with Crippen molar-refractivity contribution in [1.82, 2.24) is 0 Å². The van der Waals surface area contributed by atoms with Gasteiger partial charge in [-0.25, -0.2) is 0 Å². The number of anilines is 1. The maximum Gasteiger partial charge on any atom is 0.297 e. The fraction of sp³-hybridized carbons (Fsp3) is 0.600. The summed E-state index contributed by atoms with van der Waals surface area (Å²) < 4.78 is 29.4. The first kappa shape index (κ1) is 17.9. The lowest BCUT2D eigenvalue weighted by Gasteiger charge is -2.24. The zero-order valence-corrected chi connectivity index (χ0v) is 14.1. The molecular weight excluding hydrogens is 288 g/mol. The third-order valence-corrected chi connectivity index (χ3v) is 4.31. The average Bonchev–Trinajstić information content (AvgIpc) is 2.36. The number of rotatable bonds is 7. The summed E-state index contributed by atoms with van der Waals surface area (Å²) in [6.45, 7) is 9.43. The van der Waals surface area contributed by atoms with E-state index in [-0.39, 0.29) is 4.90 Å². The normalized spacial score (nSPS) is 12.4. The van der Waals surface area contributed by atoms with Crippen molar-refractivity contribution in [3.05, 3.63) is 24.3 Å². The second-order valence-electron chi connectivity index (χ2n) is 5.92. The van der Waals surface area contributed by atoms with Gasteiger partial charge in [0.15, 0.2) is 0 Å². The molecule has 5 nitrogen and oxygen atoms in total. The van der Waals surface area contributed by atoms with Crippen LogP contribution in [0.3, 0.4) is 0 Å². The summed E-state index contributed by atoms with van der Waals surface area (Å²) in [5.74, 6) is 0. The van der Waals surface area contributed by atoms with E-state index in [0.29, 0.717) is 6.54 Å². The first-order valence-electron chi connectivity index (χ1n) is 7.20. The van der Waals surface area contributed by atoms with Crippen molar-refractivity contribution >= 4 is 15.8 Å². The minimum absolute atomic E-state index is 0.172. The predicted molar refractivity (Wildman–Crippen MR) is 86.0 cm³/mol. The van der Waals surface area contributed by atoms with Crippen molar-refractivity contribution in [3.63, 3.8) is 0 Å². The summed E-state index contributed by atoms with van der Waals surface area (Å²) in [5.41, 5.74) is 5.83. The molecule has 6 heteroatoms. The Morgan fingerprint density at radius 1 is 1.14 bits per heavy atom. The molecule has 0 unspecified atom stereocenters. The minimum Gasteiger partial charge on any atom is -0.370 e. The molecule has 0 spiro atoms. The van der Waals surface area contributed by atoms with E-state index in [1.54, 1.807) is 45.0 Å². The Balaban J connectivity index is 2.96. The highest BCUT2D eigenvalue weighted by Crippen LogP contribution is 2.22. The first-order chi connectivity index (χ1) is 9.69. The monoisotopic (exact) mass is 314 g/mol. The van der Waals surface area contributed by atoms with Gasteiger partial charge in [-0.05, 0) is 51.5 Å². The number of nitrogens with zero attached hydrogens (tertiary/aromatic N) is 1. The fourth-order valence-corrected chi connectivity index (χ4v) is 3.22. The number of benzene rings is 1. The van der Waals surface area contributed by atoms with Crippen LogP contribution in [-0.2, 0) is 14.3 Å². The molecule has 0 heterocycles. The highest BCUT2D eigenvalue weighted by molar-refractivity contribution is 7.86. The van der Waals surface area contributed by atoms with Crippen LogP contribution in [0.2, 0.25) is 0 Å². The predicted octanol–water partition coefficient (Wildman–Crippen LogP) is 2.37. The van der Waals surface area contributed by atoms with Gasteiger partial charge in [0, 0.05) is 25.3 Å². The fourth-order valence-electron chi connectivity index (χ4n) is 2.00. The van der Waals surface area contributed by atoms with Crippen LogP contribution in [0.1, 0.15) is 34.1 Å². The van der Waals surface area contributed by atoms with Crippen LogP contribution in [0.25, 0.3) is 0 Å². The van der Waals surface area contributed by atoms with Crippen molar-refractivity contribution in [2.24, 2.45) is 5.73 Å². The Morgan fingerprint density at radius 2 is 1.71 bits per heavy atom. The molecule has 0 atom stereocenters. The molecule has 0 aliphatic heterocycles. The summed E-state index contributed by atoms with van der Waals surface area (Å²) >= 11 is 0. The lowest BCUT2D eigenvalue weighted by Crippen LogP contribution is -2.30. The molecule has 21 heavy (non-hydrogen) atoms. The quantitative estimate of drug-likeness (QED) is 0.782. The Labute approximate surface area is 128 Å². The van der Waals surface area contributed by atoms with Crippen LogP contribution in [0, 0.1) is 0 Å². The van der Waals surface area contributed by atoms with Crippen LogP contribution in [-0.4, -0.2) is 33.7 Å². The van der Waals surface area contributed by atoms with Crippen LogP contribution in [0.15, 0.2) is 29.2 Å². The highest BCUT2D eigenvalue weighted by Gasteiger charge is 2.23. The van der Waals surface area contributed by atoms with E-state index < -0.39 is 15.7 Å². The lowest BCUT2D eigenvalue weighted by atomic mass is 10.2. The minimum atomic E-state index is -3.73. The molecule has 0 bridgehead atoms. The van der Waals surface area contributed by atoms with Crippen LogP contribution < -0.4 is 10.6 Å². The molecule has 120 valence electrons. The van der Waals surface area contributed by atoms with Gasteiger partial charge in [-0.15, -0.1) is 0 Å². The van der Waals surface area contributed by atoms with Gasteiger partial charge in [0.2, 0.25) is 0 Å². The molecule has 0 fully saturated rings. The largest absolute Gasteiger partial charge is 0.370 e. The van der Waals surface area contributed by atoms with Crippen molar-refractivity contribution in [3.8, 4) is 0 Å². The highest BCUT2D eigenvalue weighted by atomic mass is 32.2. The van der Waals surface area contributed by atoms with Gasteiger partial charge in [0.1, 0.15) is 0 Å². The van der Waals surface area contributed by atoms with Gasteiger partial charge < -0.3 is 10.6 Å². The van der Waals surface area contributed by atoms with Crippen LogP contribution in [0.4, 0.5) is 5.69 Å². The van der Waals surface area contributed by atoms with E-state index in [4.69, 9.17) is 9.92 Å². The van der Waals surface area contributed by atoms with E-state index >= 15 is 0 Å². The molecule has 0 aromatic heterocycles. The molecule has 0 amide bonds. The van der Waals surface area contributed by atoms with Gasteiger partial charge >= 0.3 is 0 Å². The van der Waals surface area contributed by atoms with Crippen molar-refractivity contribution < 1.29 is 12.6 Å². The Morgan fingerprint density at radius 3 is 2.14 bits per heavy atom. The molecule has 2 N–H and O–H groups in total. The van der Waals surface area contributed by atoms with Crippen molar-refractivity contribution in [2.75, 3.05) is 24.5 Å². The molecule has 1 aromatic rings. The van der Waals surface area contributed by atoms with E-state index in [1.807, 2.05) is 0 Å². The zero-order chi connectivity index (χ0) is 16.1.